The Morgan fingerprint density at radius 2 is 1.94 bits per heavy atom. The Kier molecular flexibility index (Phi) is 3.30. The van der Waals surface area contributed by atoms with E-state index in [2.05, 4.69) is 5.32 Å². The number of nitrogens with one attached hydrogen (secondary N) is 1. The summed E-state index contributed by atoms with van der Waals surface area (Å²) in [6, 6.07) is 0.303. The lowest BCUT2D eigenvalue weighted by Gasteiger charge is -2.13. The molecule has 1 saturated heterocycles. The topological polar surface area (TPSA) is 49.3 Å². The summed E-state index contributed by atoms with van der Waals surface area (Å²) in [6.45, 7) is 0. The van der Waals surface area contributed by atoms with Gasteiger partial charge in [-0.2, -0.15) is 0 Å². The molecule has 2 rings (SSSR count). The zero-order chi connectivity index (χ0) is 12.6. The molecule has 1 aromatic carbocycles. The lowest BCUT2D eigenvalue weighted by molar-refractivity contribution is -0.138. The molecule has 0 saturated carbocycles. The van der Waals surface area contributed by atoms with E-state index in [1.165, 1.54) is 0 Å². The van der Waals surface area contributed by atoms with E-state index >= 15 is 0 Å². The second kappa shape index (κ2) is 4.58. The van der Waals surface area contributed by atoms with Crippen LogP contribution >= 0.6 is 11.8 Å². The molecule has 1 aliphatic rings. The van der Waals surface area contributed by atoms with Crippen molar-refractivity contribution in [2.75, 3.05) is 5.75 Å². The number of carboxylic acid groups (broad SMARTS) is 1. The average Bonchev–Trinajstić information content (AvgIpc) is 2.65. The highest BCUT2D eigenvalue weighted by Crippen LogP contribution is 2.35. The van der Waals surface area contributed by atoms with Gasteiger partial charge in [-0.3, -0.25) is 10.1 Å². The Labute approximate surface area is 99.0 Å². The zero-order valence-corrected chi connectivity index (χ0v) is 9.23. The van der Waals surface area contributed by atoms with Gasteiger partial charge in [0.2, 0.25) is 0 Å². The smallest absolute Gasteiger partial charge is 0.321 e. The molecule has 92 valence electrons. The molecule has 3 nitrogen and oxygen atoms in total. The van der Waals surface area contributed by atoms with E-state index in [1.807, 2.05) is 0 Å². The van der Waals surface area contributed by atoms with E-state index < -0.39 is 34.8 Å². The third-order valence-corrected chi connectivity index (χ3v) is 3.62. The predicted octanol–water partition coefficient (Wildman–Crippen LogP) is 1.89. The predicted molar refractivity (Wildman–Crippen MR) is 56.1 cm³/mol. The highest BCUT2D eigenvalue weighted by Gasteiger charge is 2.33. The fraction of sp³-hybridized carbons (Fsp3) is 0.300. The first kappa shape index (κ1) is 12.3. The minimum Gasteiger partial charge on any atom is -0.480 e. The van der Waals surface area contributed by atoms with Crippen molar-refractivity contribution >= 4 is 17.7 Å². The SMILES string of the molecule is O=C(O)C1CSC(c2c(F)cc(F)cc2F)N1. The molecule has 0 radical (unpaired) electrons. The van der Waals surface area contributed by atoms with E-state index in [1.54, 1.807) is 0 Å². The molecular weight excluding hydrogens is 255 g/mol. The van der Waals surface area contributed by atoms with Crippen LogP contribution in [-0.2, 0) is 4.79 Å². The number of thioether (sulfide) groups is 1. The molecule has 0 aromatic heterocycles. The van der Waals surface area contributed by atoms with Gasteiger partial charge in [0.05, 0.1) is 10.9 Å². The fourth-order valence-corrected chi connectivity index (χ4v) is 2.86. The van der Waals surface area contributed by atoms with Crippen LogP contribution in [0.5, 0.6) is 0 Å². The molecule has 17 heavy (non-hydrogen) atoms. The third kappa shape index (κ3) is 2.39. The van der Waals surface area contributed by atoms with Gasteiger partial charge in [0, 0.05) is 17.9 Å². The molecule has 0 amide bonds. The van der Waals surface area contributed by atoms with Gasteiger partial charge >= 0.3 is 5.97 Å². The first-order valence-electron chi connectivity index (χ1n) is 4.74. The summed E-state index contributed by atoms with van der Waals surface area (Å²) in [5.74, 6) is -3.91. The van der Waals surface area contributed by atoms with Crippen molar-refractivity contribution < 1.29 is 23.1 Å². The number of benzene rings is 1. The average molecular weight is 263 g/mol. The van der Waals surface area contributed by atoms with Gasteiger partial charge in [-0.1, -0.05) is 0 Å². The van der Waals surface area contributed by atoms with Crippen LogP contribution in [0, 0.1) is 17.5 Å². The monoisotopic (exact) mass is 263 g/mol. The lowest BCUT2D eigenvalue weighted by atomic mass is 10.1. The van der Waals surface area contributed by atoms with Gasteiger partial charge in [0.25, 0.3) is 0 Å². The molecule has 2 N–H and O–H groups in total. The fourth-order valence-electron chi connectivity index (χ4n) is 1.58. The summed E-state index contributed by atoms with van der Waals surface area (Å²) >= 11 is 1.07. The third-order valence-electron chi connectivity index (χ3n) is 2.39. The molecule has 1 aromatic rings. The quantitative estimate of drug-likeness (QED) is 0.855. The van der Waals surface area contributed by atoms with E-state index in [-0.39, 0.29) is 11.3 Å². The molecule has 2 atom stereocenters. The van der Waals surface area contributed by atoms with E-state index in [0.29, 0.717) is 12.1 Å². The zero-order valence-electron chi connectivity index (χ0n) is 8.41. The van der Waals surface area contributed by atoms with Crippen molar-refractivity contribution in [1.29, 1.82) is 0 Å². The summed E-state index contributed by atoms with van der Waals surface area (Å²) in [4.78, 5) is 10.7. The number of hydrogen-bond donors (Lipinski definition) is 2. The maximum absolute atomic E-state index is 13.4. The van der Waals surface area contributed by atoms with Crippen LogP contribution in [0.3, 0.4) is 0 Å². The Morgan fingerprint density at radius 3 is 2.41 bits per heavy atom. The second-order valence-corrected chi connectivity index (χ2v) is 4.69. The second-order valence-electron chi connectivity index (χ2n) is 3.55. The van der Waals surface area contributed by atoms with Crippen LogP contribution < -0.4 is 5.32 Å². The van der Waals surface area contributed by atoms with E-state index in [4.69, 9.17) is 5.11 Å². The minimum atomic E-state index is -1.08. The molecule has 1 fully saturated rings. The molecule has 1 aliphatic heterocycles. The van der Waals surface area contributed by atoms with Crippen LogP contribution in [0.2, 0.25) is 0 Å². The summed E-state index contributed by atoms with van der Waals surface area (Å²) in [7, 11) is 0. The Balaban J connectivity index is 2.27. The maximum atomic E-state index is 13.4. The van der Waals surface area contributed by atoms with Crippen molar-refractivity contribution in [2.24, 2.45) is 0 Å². The van der Waals surface area contributed by atoms with Crippen molar-refractivity contribution in [1.82, 2.24) is 5.32 Å². The standard InChI is InChI=1S/C10H8F3NO2S/c11-4-1-5(12)8(6(13)2-4)9-14-7(3-17-9)10(15)16/h1-2,7,9,14H,3H2,(H,15,16). The Morgan fingerprint density at radius 1 is 1.35 bits per heavy atom. The van der Waals surface area contributed by atoms with Gasteiger partial charge in [-0.15, -0.1) is 11.8 Å². The first-order valence-corrected chi connectivity index (χ1v) is 5.79. The maximum Gasteiger partial charge on any atom is 0.321 e. The molecule has 0 spiro atoms. The number of hydrogen-bond acceptors (Lipinski definition) is 3. The van der Waals surface area contributed by atoms with Crippen LogP contribution in [0.25, 0.3) is 0 Å². The Bertz CT molecular complexity index is 446. The molecule has 0 bridgehead atoms. The van der Waals surface area contributed by atoms with Gasteiger partial charge < -0.3 is 5.11 Å². The molecule has 1 heterocycles. The molecule has 2 unspecified atom stereocenters. The minimum absolute atomic E-state index is 0.205. The van der Waals surface area contributed by atoms with E-state index in [9.17, 15) is 18.0 Å². The van der Waals surface area contributed by atoms with Crippen molar-refractivity contribution in [2.45, 2.75) is 11.4 Å². The van der Waals surface area contributed by atoms with Crippen LogP contribution in [0.4, 0.5) is 13.2 Å². The number of carboxylic acids is 1. The highest BCUT2D eigenvalue weighted by atomic mass is 32.2. The Hall–Kier alpha value is -1.21. The lowest BCUT2D eigenvalue weighted by Crippen LogP contribution is -2.34. The number of aliphatic carboxylic acids is 1. The summed E-state index contributed by atoms with van der Waals surface area (Å²) in [5.41, 5.74) is -0.333. The van der Waals surface area contributed by atoms with Crippen molar-refractivity contribution in [3.8, 4) is 0 Å². The van der Waals surface area contributed by atoms with Crippen LogP contribution in [0.15, 0.2) is 12.1 Å². The largest absolute Gasteiger partial charge is 0.480 e. The molecule has 7 heteroatoms. The van der Waals surface area contributed by atoms with Crippen molar-refractivity contribution in [3.63, 3.8) is 0 Å². The number of rotatable bonds is 2. The summed E-state index contributed by atoms with van der Waals surface area (Å²) < 4.78 is 39.5. The van der Waals surface area contributed by atoms with E-state index in [0.717, 1.165) is 11.8 Å². The number of halogens is 3. The van der Waals surface area contributed by atoms with Crippen LogP contribution in [-0.4, -0.2) is 22.9 Å². The van der Waals surface area contributed by atoms with Crippen molar-refractivity contribution in [3.05, 3.63) is 35.1 Å². The highest BCUT2D eigenvalue weighted by molar-refractivity contribution is 7.99. The summed E-state index contributed by atoms with van der Waals surface area (Å²) in [5, 5.41) is 10.5. The molecule has 0 aliphatic carbocycles. The first-order chi connectivity index (χ1) is 7.99. The summed E-state index contributed by atoms with van der Waals surface area (Å²) in [6.07, 6.45) is 0. The van der Waals surface area contributed by atoms with Gasteiger partial charge in [0.1, 0.15) is 23.5 Å². The van der Waals surface area contributed by atoms with Gasteiger partial charge in [-0.25, -0.2) is 13.2 Å². The van der Waals surface area contributed by atoms with Gasteiger partial charge in [0.15, 0.2) is 0 Å². The van der Waals surface area contributed by atoms with Gasteiger partial charge in [-0.05, 0) is 0 Å². The van der Waals surface area contributed by atoms with Crippen LogP contribution in [0.1, 0.15) is 10.9 Å². The normalized spacial score (nSPS) is 23.9. The number of carbonyl (C=O) groups is 1. The molecular formula is C10H8F3NO2S.